The highest BCUT2D eigenvalue weighted by Gasteiger charge is 2.07. The highest BCUT2D eigenvalue weighted by molar-refractivity contribution is 7.80. The normalized spacial score (nSPS) is 10.4. The quantitative estimate of drug-likeness (QED) is 0.816. The number of para-hydroxylation sites is 1. The van der Waals surface area contributed by atoms with E-state index >= 15 is 0 Å². The maximum Gasteiger partial charge on any atom is 0.156 e. The van der Waals surface area contributed by atoms with E-state index < -0.39 is 0 Å². The van der Waals surface area contributed by atoms with Crippen molar-refractivity contribution in [1.29, 1.82) is 0 Å². The van der Waals surface area contributed by atoms with Gasteiger partial charge in [0.2, 0.25) is 0 Å². The van der Waals surface area contributed by atoms with Crippen LogP contribution in [0, 0.1) is 0 Å². The van der Waals surface area contributed by atoms with Gasteiger partial charge in [0.05, 0.1) is 10.7 Å². The molecule has 1 aromatic carbocycles. The van der Waals surface area contributed by atoms with Crippen LogP contribution in [-0.4, -0.2) is 31.7 Å². The first kappa shape index (κ1) is 13.6. The summed E-state index contributed by atoms with van der Waals surface area (Å²) in [6.07, 6.45) is 2.62. The maximum atomic E-state index is 5.20. The van der Waals surface area contributed by atoms with Crippen molar-refractivity contribution in [2.75, 3.05) is 6.54 Å². The highest BCUT2D eigenvalue weighted by Crippen LogP contribution is 2.09. The Morgan fingerprint density at radius 2 is 2.11 bits per heavy atom. The minimum Gasteiger partial charge on any atom is -0.380 e. The lowest BCUT2D eigenvalue weighted by atomic mass is 10.2. The second-order valence-corrected chi connectivity index (χ2v) is 4.64. The van der Waals surface area contributed by atoms with Crippen LogP contribution in [0.3, 0.4) is 0 Å². The summed E-state index contributed by atoms with van der Waals surface area (Å²) in [5.74, 6) is 0.866. The molecular weight excluding hydrogens is 258 g/mol. The fourth-order valence-electron chi connectivity index (χ4n) is 1.82. The molecule has 1 heterocycles. The molecule has 0 amide bonds. The molecular formula is C13H17N5S. The van der Waals surface area contributed by atoms with Crippen LogP contribution in [0.25, 0.3) is 5.69 Å². The average molecular weight is 275 g/mol. The zero-order valence-corrected chi connectivity index (χ0v) is 11.7. The molecule has 0 radical (unpaired) electrons. The van der Waals surface area contributed by atoms with Gasteiger partial charge in [-0.2, -0.15) is 4.68 Å². The highest BCUT2D eigenvalue weighted by atomic mass is 32.1. The number of thiocarbonyl (C=S) groups is 1. The van der Waals surface area contributed by atoms with E-state index in [1.807, 2.05) is 37.3 Å². The third-order valence-electron chi connectivity index (χ3n) is 2.71. The van der Waals surface area contributed by atoms with Gasteiger partial charge in [-0.05, 0) is 42.3 Å². The number of aromatic nitrogens is 4. The zero-order chi connectivity index (χ0) is 13.5. The van der Waals surface area contributed by atoms with E-state index in [0.29, 0.717) is 0 Å². The molecule has 0 aliphatic heterocycles. The number of rotatable bonds is 6. The number of hydrogen-bond acceptors (Lipinski definition) is 4. The van der Waals surface area contributed by atoms with Crippen LogP contribution in [0.15, 0.2) is 30.3 Å². The van der Waals surface area contributed by atoms with Gasteiger partial charge in [0.25, 0.3) is 0 Å². The number of nitrogens with one attached hydrogen (secondary N) is 1. The van der Waals surface area contributed by atoms with Crippen molar-refractivity contribution in [3.8, 4) is 5.69 Å². The van der Waals surface area contributed by atoms with Crippen LogP contribution in [-0.2, 0) is 6.42 Å². The molecule has 5 nitrogen and oxygen atoms in total. The Balaban J connectivity index is 1.95. The molecule has 0 saturated heterocycles. The summed E-state index contributed by atoms with van der Waals surface area (Å²) in [6, 6.07) is 9.90. The number of benzene rings is 1. The molecule has 6 heteroatoms. The van der Waals surface area contributed by atoms with Gasteiger partial charge < -0.3 is 5.32 Å². The van der Waals surface area contributed by atoms with Gasteiger partial charge >= 0.3 is 0 Å². The van der Waals surface area contributed by atoms with Crippen molar-refractivity contribution in [2.24, 2.45) is 0 Å². The molecule has 19 heavy (non-hydrogen) atoms. The van der Waals surface area contributed by atoms with E-state index in [4.69, 9.17) is 12.2 Å². The van der Waals surface area contributed by atoms with E-state index in [-0.39, 0.29) is 0 Å². The predicted molar refractivity (Wildman–Crippen MR) is 78.4 cm³/mol. The Labute approximate surface area is 118 Å². The largest absolute Gasteiger partial charge is 0.380 e. The third kappa shape index (κ3) is 3.82. The molecule has 0 atom stereocenters. The minimum atomic E-state index is 0.813. The lowest BCUT2D eigenvalue weighted by Gasteiger charge is -2.06. The summed E-state index contributed by atoms with van der Waals surface area (Å²) in [6.45, 7) is 2.92. The zero-order valence-electron chi connectivity index (χ0n) is 10.9. The van der Waals surface area contributed by atoms with Gasteiger partial charge in [-0.3, -0.25) is 0 Å². The Morgan fingerprint density at radius 3 is 2.84 bits per heavy atom. The maximum absolute atomic E-state index is 5.20. The van der Waals surface area contributed by atoms with Crippen molar-refractivity contribution >= 4 is 17.2 Å². The number of nitrogens with zero attached hydrogens (tertiary/aromatic N) is 4. The number of hydrogen-bond donors (Lipinski definition) is 1. The van der Waals surface area contributed by atoms with Crippen LogP contribution in [0.5, 0.6) is 0 Å². The monoisotopic (exact) mass is 275 g/mol. The van der Waals surface area contributed by atoms with Crippen LogP contribution in [0.1, 0.15) is 25.6 Å². The molecule has 0 aliphatic rings. The lowest BCUT2D eigenvalue weighted by molar-refractivity contribution is 0.730. The molecule has 0 fully saturated rings. The van der Waals surface area contributed by atoms with Crippen molar-refractivity contribution in [3.05, 3.63) is 36.2 Å². The van der Waals surface area contributed by atoms with E-state index in [9.17, 15) is 0 Å². The van der Waals surface area contributed by atoms with Gasteiger partial charge in [-0.15, -0.1) is 5.10 Å². The molecule has 0 saturated carbocycles. The summed E-state index contributed by atoms with van der Waals surface area (Å²) in [5, 5.41) is 15.0. The second-order valence-electron chi connectivity index (χ2n) is 4.15. The molecule has 0 unspecified atom stereocenters. The van der Waals surface area contributed by atoms with Crippen molar-refractivity contribution in [2.45, 2.75) is 26.2 Å². The average Bonchev–Trinajstić information content (AvgIpc) is 2.88. The topological polar surface area (TPSA) is 55.6 Å². The molecule has 2 aromatic rings. The van der Waals surface area contributed by atoms with Crippen LogP contribution in [0.4, 0.5) is 0 Å². The molecule has 0 aliphatic carbocycles. The van der Waals surface area contributed by atoms with Crippen molar-refractivity contribution in [1.82, 2.24) is 25.5 Å². The Hall–Kier alpha value is -1.82. The molecule has 1 aromatic heterocycles. The van der Waals surface area contributed by atoms with Crippen LogP contribution >= 0.6 is 12.2 Å². The summed E-state index contributed by atoms with van der Waals surface area (Å²) < 4.78 is 1.77. The molecule has 0 bridgehead atoms. The van der Waals surface area contributed by atoms with E-state index in [1.54, 1.807) is 4.68 Å². The van der Waals surface area contributed by atoms with Gasteiger partial charge in [0.1, 0.15) is 0 Å². The Morgan fingerprint density at radius 1 is 1.32 bits per heavy atom. The van der Waals surface area contributed by atoms with E-state index in [0.717, 1.165) is 42.3 Å². The Bertz CT molecular complexity index is 523. The summed E-state index contributed by atoms with van der Waals surface area (Å²) in [5.41, 5.74) is 0.983. The van der Waals surface area contributed by atoms with Crippen molar-refractivity contribution in [3.63, 3.8) is 0 Å². The number of tetrazole rings is 1. The number of aryl methyl sites for hydroxylation is 1. The van der Waals surface area contributed by atoms with Crippen molar-refractivity contribution < 1.29 is 0 Å². The summed E-state index contributed by atoms with van der Waals surface area (Å²) in [7, 11) is 0. The fourth-order valence-corrected chi connectivity index (χ4v) is 2.11. The molecule has 2 rings (SSSR count). The van der Waals surface area contributed by atoms with E-state index in [2.05, 4.69) is 20.8 Å². The standard InChI is InChI=1S/C13H17N5S/c1-2-14-13(19)10-6-9-12-15-16-17-18(12)11-7-4-3-5-8-11/h3-5,7-8H,2,6,9-10H2,1H3,(H,14,19). The first-order chi connectivity index (χ1) is 9.31. The predicted octanol–water partition coefficient (Wildman–Crippen LogP) is 1.92. The first-order valence-electron chi connectivity index (χ1n) is 6.40. The van der Waals surface area contributed by atoms with Gasteiger partial charge in [0, 0.05) is 13.0 Å². The van der Waals surface area contributed by atoms with Gasteiger partial charge in [-0.25, -0.2) is 0 Å². The lowest BCUT2D eigenvalue weighted by Crippen LogP contribution is -2.20. The minimum absolute atomic E-state index is 0.813. The fraction of sp³-hybridized carbons (Fsp3) is 0.385. The summed E-state index contributed by atoms with van der Waals surface area (Å²) in [4.78, 5) is 0.904. The molecule has 100 valence electrons. The Kier molecular flexibility index (Phi) is 4.97. The molecule has 0 spiro atoms. The van der Waals surface area contributed by atoms with Crippen LogP contribution < -0.4 is 5.32 Å². The van der Waals surface area contributed by atoms with Gasteiger partial charge in [0.15, 0.2) is 5.82 Å². The molecule has 1 N–H and O–H groups in total. The van der Waals surface area contributed by atoms with E-state index in [1.165, 1.54) is 0 Å². The second kappa shape index (κ2) is 6.94. The van der Waals surface area contributed by atoms with Crippen LogP contribution in [0.2, 0.25) is 0 Å². The van der Waals surface area contributed by atoms with Gasteiger partial charge in [-0.1, -0.05) is 30.4 Å². The third-order valence-corrected chi connectivity index (χ3v) is 3.06. The smallest absolute Gasteiger partial charge is 0.156 e. The summed E-state index contributed by atoms with van der Waals surface area (Å²) >= 11 is 5.20. The SMILES string of the molecule is CCNC(=S)CCCc1nnnn1-c1ccccc1. The first-order valence-corrected chi connectivity index (χ1v) is 6.81.